The zero-order valence-electron chi connectivity index (χ0n) is 5.99. The zero-order valence-corrected chi connectivity index (χ0v) is 5.99. The number of nitrogens with two attached hydrogens (primary N) is 1. The average molecular weight is 147 g/mol. The first kappa shape index (κ1) is 7.94. The third-order valence-electron chi connectivity index (χ3n) is 1.60. The summed E-state index contributed by atoms with van der Waals surface area (Å²) in [7, 11) is 0. The number of aliphatic hydroxyl groups excluding tert-OH is 1. The molecule has 0 aromatic heterocycles. The molecule has 4 nitrogen and oxygen atoms in total. The molecule has 3 N–H and O–H groups in total. The lowest BCUT2D eigenvalue weighted by Crippen LogP contribution is -2.36. The van der Waals surface area contributed by atoms with E-state index >= 15 is 0 Å². The summed E-state index contributed by atoms with van der Waals surface area (Å²) < 4.78 is 5.20. The highest BCUT2D eigenvalue weighted by Gasteiger charge is 2.25. The summed E-state index contributed by atoms with van der Waals surface area (Å²) in [6, 6.07) is 0. The van der Waals surface area contributed by atoms with Gasteiger partial charge in [-0.15, -0.1) is 0 Å². The second kappa shape index (κ2) is 3.30. The molecule has 0 radical (unpaired) electrons. The van der Waals surface area contributed by atoms with Crippen molar-refractivity contribution in [2.24, 2.45) is 5.90 Å². The SMILES string of the molecule is CC1CC(O)CC(ON)O1. The van der Waals surface area contributed by atoms with Crippen molar-refractivity contribution in [3.8, 4) is 0 Å². The molecule has 1 fully saturated rings. The van der Waals surface area contributed by atoms with E-state index in [2.05, 4.69) is 4.84 Å². The van der Waals surface area contributed by atoms with E-state index in [1.807, 2.05) is 6.92 Å². The lowest BCUT2D eigenvalue weighted by atomic mass is 10.1. The van der Waals surface area contributed by atoms with Crippen LogP contribution in [0.2, 0.25) is 0 Å². The van der Waals surface area contributed by atoms with E-state index < -0.39 is 6.29 Å². The Morgan fingerprint density at radius 3 is 2.80 bits per heavy atom. The van der Waals surface area contributed by atoms with Gasteiger partial charge in [-0.25, -0.2) is 5.90 Å². The van der Waals surface area contributed by atoms with Gasteiger partial charge in [0, 0.05) is 6.42 Å². The molecular formula is C6H13NO3. The van der Waals surface area contributed by atoms with Crippen molar-refractivity contribution in [2.45, 2.75) is 38.3 Å². The number of aliphatic hydroxyl groups is 1. The Hall–Kier alpha value is -0.160. The Morgan fingerprint density at radius 2 is 2.30 bits per heavy atom. The first-order chi connectivity index (χ1) is 4.72. The van der Waals surface area contributed by atoms with Crippen molar-refractivity contribution in [2.75, 3.05) is 0 Å². The molecule has 0 aromatic rings. The first-order valence-corrected chi connectivity index (χ1v) is 3.41. The van der Waals surface area contributed by atoms with Gasteiger partial charge in [0.25, 0.3) is 0 Å². The van der Waals surface area contributed by atoms with E-state index in [1.165, 1.54) is 0 Å². The third-order valence-corrected chi connectivity index (χ3v) is 1.60. The van der Waals surface area contributed by atoms with Crippen LogP contribution in [-0.2, 0) is 9.57 Å². The van der Waals surface area contributed by atoms with Gasteiger partial charge in [-0.3, -0.25) is 4.84 Å². The molecule has 60 valence electrons. The van der Waals surface area contributed by atoms with Gasteiger partial charge < -0.3 is 9.84 Å². The molecule has 1 aliphatic rings. The topological polar surface area (TPSA) is 64.7 Å². The number of hydrogen-bond donors (Lipinski definition) is 2. The molecule has 0 spiro atoms. The third kappa shape index (κ3) is 1.91. The van der Waals surface area contributed by atoms with Gasteiger partial charge in [0.2, 0.25) is 0 Å². The maximum atomic E-state index is 9.17. The van der Waals surface area contributed by atoms with E-state index in [0.29, 0.717) is 12.8 Å². The summed E-state index contributed by atoms with van der Waals surface area (Å²) in [5.41, 5.74) is 0. The fraction of sp³-hybridized carbons (Fsp3) is 1.00. The van der Waals surface area contributed by atoms with Gasteiger partial charge in [0.05, 0.1) is 12.2 Å². The lowest BCUT2D eigenvalue weighted by Gasteiger charge is -2.29. The molecule has 0 aliphatic carbocycles. The average Bonchev–Trinajstić information content (AvgIpc) is 1.85. The van der Waals surface area contributed by atoms with Crippen LogP contribution in [0.25, 0.3) is 0 Å². The normalized spacial score (nSPS) is 41.7. The molecule has 1 aliphatic heterocycles. The van der Waals surface area contributed by atoms with Crippen molar-refractivity contribution in [3.63, 3.8) is 0 Å². The van der Waals surface area contributed by atoms with Gasteiger partial charge in [0.1, 0.15) is 0 Å². The molecule has 0 aromatic carbocycles. The van der Waals surface area contributed by atoms with E-state index in [4.69, 9.17) is 15.7 Å². The van der Waals surface area contributed by atoms with Gasteiger partial charge in [-0.1, -0.05) is 0 Å². The largest absolute Gasteiger partial charge is 0.393 e. The number of hydrogen-bond acceptors (Lipinski definition) is 4. The molecule has 3 atom stereocenters. The van der Waals surface area contributed by atoms with Crippen LogP contribution in [0.1, 0.15) is 19.8 Å². The number of ether oxygens (including phenoxy) is 1. The molecule has 4 heteroatoms. The van der Waals surface area contributed by atoms with Crippen LogP contribution in [0.15, 0.2) is 0 Å². The van der Waals surface area contributed by atoms with Crippen LogP contribution in [0, 0.1) is 0 Å². The smallest absolute Gasteiger partial charge is 0.179 e. The summed E-state index contributed by atoms with van der Waals surface area (Å²) >= 11 is 0. The Kier molecular flexibility index (Phi) is 2.62. The van der Waals surface area contributed by atoms with Crippen LogP contribution in [0.5, 0.6) is 0 Å². The van der Waals surface area contributed by atoms with Crippen LogP contribution >= 0.6 is 0 Å². The maximum Gasteiger partial charge on any atom is 0.179 e. The van der Waals surface area contributed by atoms with Crippen LogP contribution in [0.4, 0.5) is 0 Å². The molecule has 3 unspecified atom stereocenters. The summed E-state index contributed by atoms with van der Waals surface area (Å²) in [6.45, 7) is 1.88. The predicted molar refractivity (Wildman–Crippen MR) is 34.8 cm³/mol. The molecule has 0 saturated carbocycles. The highest BCUT2D eigenvalue weighted by molar-refractivity contribution is 4.69. The summed E-state index contributed by atoms with van der Waals surface area (Å²) in [5, 5.41) is 9.17. The van der Waals surface area contributed by atoms with E-state index in [-0.39, 0.29) is 12.2 Å². The summed E-state index contributed by atoms with van der Waals surface area (Å²) in [6.07, 6.45) is 0.411. The monoisotopic (exact) mass is 147 g/mol. The quantitative estimate of drug-likeness (QED) is 0.502. The Labute approximate surface area is 59.9 Å². The highest BCUT2D eigenvalue weighted by atomic mass is 16.8. The minimum absolute atomic E-state index is 0.0392. The maximum absolute atomic E-state index is 9.17. The molecule has 1 saturated heterocycles. The second-order valence-electron chi connectivity index (χ2n) is 2.64. The minimum atomic E-state index is -0.432. The Morgan fingerprint density at radius 1 is 1.60 bits per heavy atom. The summed E-state index contributed by atoms with van der Waals surface area (Å²) in [4.78, 5) is 4.45. The standard InChI is InChI=1S/C6H13NO3/c1-4-2-5(8)3-6(9-4)10-7/h4-6,8H,2-3,7H2,1H3. The predicted octanol–water partition coefficient (Wildman–Crippen LogP) is -0.237. The van der Waals surface area contributed by atoms with Crippen molar-refractivity contribution in [3.05, 3.63) is 0 Å². The highest BCUT2D eigenvalue weighted by Crippen LogP contribution is 2.18. The van der Waals surface area contributed by atoms with Crippen molar-refractivity contribution >= 4 is 0 Å². The molecule has 0 amide bonds. The van der Waals surface area contributed by atoms with Crippen LogP contribution in [-0.4, -0.2) is 23.6 Å². The lowest BCUT2D eigenvalue weighted by molar-refractivity contribution is -0.212. The minimum Gasteiger partial charge on any atom is -0.393 e. The van der Waals surface area contributed by atoms with Crippen molar-refractivity contribution in [1.29, 1.82) is 0 Å². The van der Waals surface area contributed by atoms with Gasteiger partial charge in [0.15, 0.2) is 6.29 Å². The van der Waals surface area contributed by atoms with Gasteiger partial charge in [-0.05, 0) is 13.3 Å². The van der Waals surface area contributed by atoms with Crippen molar-refractivity contribution < 1.29 is 14.7 Å². The number of rotatable bonds is 1. The fourth-order valence-electron chi connectivity index (χ4n) is 1.16. The van der Waals surface area contributed by atoms with Crippen LogP contribution in [0.3, 0.4) is 0 Å². The Bertz CT molecular complexity index is 99.2. The fourth-order valence-corrected chi connectivity index (χ4v) is 1.16. The van der Waals surface area contributed by atoms with Crippen molar-refractivity contribution in [1.82, 2.24) is 0 Å². The van der Waals surface area contributed by atoms with Crippen LogP contribution < -0.4 is 5.90 Å². The van der Waals surface area contributed by atoms with Gasteiger partial charge in [-0.2, -0.15) is 0 Å². The van der Waals surface area contributed by atoms with Gasteiger partial charge >= 0.3 is 0 Å². The van der Waals surface area contributed by atoms with E-state index in [1.54, 1.807) is 0 Å². The zero-order chi connectivity index (χ0) is 7.56. The summed E-state index contributed by atoms with van der Waals surface area (Å²) in [5.74, 6) is 4.89. The second-order valence-corrected chi connectivity index (χ2v) is 2.64. The molecule has 1 heterocycles. The molecule has 1 rings (SSSR count). The molecule has 10 heavy (non-hydrogen) atoms. The first-order valence-electron chi connectivity index (χ1n) is 3.41. The Balaban J connectivity index is 2.35. The van der Waals surface area contributed by atoms with E-state index in [9.17, 15) is 0 Å². The molecular weight excluding hydrogens is 134 g/mol. The molecule has 0 bridgehead atoms. The van der Waals surface area contributed by atoms with E-state index in [0.717, 1.165) is 0 Å².